The smallest absolute Gasteiger partial charge is 0.224 e. The first-order valence-corrected chi connectivity index (χ1v) is 9.00. The van der Waals surface area contributed by atoms with Crippen LogP contribution in [0.15, 0.2) is 28.0 Å². The van der Waals surface area contributed by atoms with Crippen LogP contribution in [0.2, 0.25) is 0 Å². The van der Waals surface area contributed by atoms with Gasteiger partial charge in [-0.15, -0.1) is 0 Å². The maximum atomic E-state index is 13.6. The lowest BCUT2D eigenvalue weighted by molar-refractivity contribution is 0.553. The van der Waals surface area contributed by atoms with Gasteiger partial charge in [0.1, 0.15) is 10.7 Å². The lowest BCUT2D eigenvalue weighted by Crippen LogP contribution is -2.27. The molecule has 0 aromatic heterocycles. The van der Waals surface area contributed by atoms with Crippen molar-refractivity contribution in [1.82, 2.24) is 4.72 Å². The van der Waals surface area contributed by atoms with E-state index in [1.54, 1.807) is 0 Å². The molecule has 1 saturated carbocycles. The molecule has 0 amide bonds. The highest BCUT2D eigenvalue weighted by atomic mass is 32.2. The van der Waals surface area contributed by atoms with Crippen molar-refractivity contribution in [3.05, 3.63) is 24.0 Å². The Morgan fingerprint density at radius 1 is 1.26 bits per heavy atom. The van der Waals surface area contributed by atoms with Crippen LogP contribution < -0.4 is 4.72 Å². The van der Waals surface area contributed by atoms with Crippen LogP contribution >= 0.6 is 0 Å². The van der Waals surface area contributed by atoms with Crippen LogP contribution in [-0.4, -0.2) is 29.1 Å². The molecule has 0 heterocycles. The SMILES string of the molecule is CC1CC1NS(=O)(=O)c1cc(S(C)(=O)=O)ccc1F. The summed E-state index contributed by atoms with van der Waals surface area (Å²) in [6.07, 6.45) is 1.64. The van der Waals surface area contributed by atoms with Crippen molar-refractivity contribution in [2.45, 2.75) is 29.2 Å². The molecule has 2 unspecified atom stereocenters. The Kier molecular flexibility index (Phi) is 3.44. The Morgan fingerprint density at radius 3 is 2.32 bits per heavy atom. The zero-order valence-electron chi connectivity index (χ0n) is 10.4. The molecular weight excluding hydrogens is 293 g/mol. The largest absolute Gasteiger partial charge is 0.243 e. The predicted octanol–water partition coefficient (Wildman–Crippen LogP) is 0.916. The Morgan fingerprint density at radius 2 is 1.84 bits per heavy atom. The minimum absolute atomic E-state index is 0.203. The molecule has 106 valence electrons. The molecule has 1 aliphatic rings. The van der Waals surface area contributed by atoms with Crippen LogP contribution in [0.4, 0.5) is 4.39 Å². The van der Waals surface area contributed by atoms with Crippen molar-refractivity contribution in [3.63, 3.8) is 0 Å². The Balaban J connectivity index is 2.43. The predicted molar refractivity (Wildman–Crippen MR) is 67.4 cm³/mol. The van der Waals surface area contributed by atoms with Crippen LogP contribution in [0, 0.1) is 11.7 Å². The first-order valence-electron chi connectivity index (χ1n) is 5.63. The third kappa shape index (κ3) is 3.13. The van der Waals surface area contributed by atoms with Gasteiger partial charge in [0, 0.05) is 12.3 Å². The van der Waals surface area contributed by atoms with E-state index in [-0.39, 0.29) is 16.9 Å². The number of hydrogen-bond donors (Lipinski definition) is 1. The quantitative estimate of drug-likeness (QED) is 0.839. The molecule has 5 nitrogen and oxygen atoms in total. The molecule has 19 heavy (non-hydrogen) atoms. The van der Waals surface area contributed by atoms with Gasteiger partial charge in [0.25, 0.3) is 0 Å². The number of hydrogen-bond acceptors (Lipinski definition) is 4. The van der Waals surface area contributed by atoms with Gasteiger partial charge in [0.2, 0.25) is 10.0 Å². The maximum Gasteiger partial charge on any atom is 0.243 e. The highest BCUT2D eigenvalue weighted by Crippen LogP contribution is 2.31. The van der Waals surface area contributed by atoms with Gasteiger partial charge in [-0.2, -0.15) is 0 Å². The van der Waals surface area contributed by atoms with E-state index in [2.05, 4.69) is 4.72 Å². The summed E-state index contributed by atoms with van der Waals surface area (Å²) in [5, 5.41) is 0. The first-order chi connectivity index (χ1) is 8.61. The van der Waals surface area contributed by atoms with E-state index in [1.807, 2.05) is 6.92 Å². The van der Waals surface area contributed by atoms with Gasteiger partial charge in [-0.05, 0) is 30.5 Å². The zero-order chi connectivity index (χ0) is 14.4. The van der Waals surface area contributed by atoms with E-state index in [1.165, 1.54) is 0 Å². The average Bonchev–Trinajstić information content (AvgIpc) is 2.91. The highest BCUT2D eigenvalue weighted by Gasteiger charge is 2.37. The Bertz CT molecular complexity index is 712. The van der Waals surface area contributed by atoms with Crippen LogP contribution in [0.1, 0.15) is 13.3 Å². The van der Waals surface area contributed by atoms with Gasteiger partial charge >= 0.3 is 0 Å². The standard InChI is InChI=1S/C11H14FNO4S2/c1-7-5-10(7)13-19(16,17)11-6-8(18(2,14)15)3-4-9(11)12/h3-4,6-7,10,13H,5H2,1-2H3. The summed E-state index contributed by atoms with van der Waals surface area (Å²) < 4.78 is 62.7. The molecule has 1 aromatic carbocycles. The van der Waals surface area contributed by atoms with Crippen LogP contribution in [0.5, 0.6) is 0 Å². The minimum Gasteiger partial charge on any atom is -0.224 e. The minimum atomic E-state index is -4.03. The van der Waals surface area contributed by atoms with Crippen LogP contribution in [0.3, 0.4) is 0 Å². The molecular formula is C11H14FNO4S2. The van der Waals surface area contributed by atoms with E-state index >= 15 is 0 Å². The normalized spacial score (nSPS) is 23.3. The van der Waals surface area contributed by atoms with E-state index in [0.717, 1.165) is 24.5 Å². The molecule has 1 aliphatic carbocycles. The molecule has 0 aliphatic heterocycles. The Labute approximate surface area is 111 Å². The van der Waals surface area contributed by atoms with Crippen molar-refractivity contribution in [3.8, 4) is 0 Å². The van der Waals surface area contributed by atoms with E-state index in [4.69, 9.17) is 0 Å². The monoisotopic (exact) mass is 307 g/mol. The summed E-state index contributed by atoms with van der Waals surface area (Å²) in [7, 11) is -7.62. The maximum absolute atomic E-state index is 13.6. The second-order valence-corrected chi connectivity index (χ2v) is 8.50. The van der Waals surface area contributed by atoms with E-state index < -0.39 is 30.6 Å². The van der Waals surface area contributed by atoms with Crippen molar-refractivity contribution in [2.24, 2.45) is 5.92 Å². The second-order valence-electron chi connectivity index (χ2n) is 4.81. The zero-order valence-corrected chi connectivity index (χ0v) is 12.1. The molecule has 2 rings (SSSR count). The molecule has 0 bridgehead atoms. The van der Waals surface area contributed by atoms with Gasteiger partial charge < -0.3 is 0 Å². The fraction of sp³-hybridized carbons (Fsp3) is 0.455. The topological polar surface area (TPSA) is 80.3 Å². The summed E-state index contributed by atoms with van der Waals surface area (Å²) in [6.45, 7) is 1.87. The third-order valence-corrected chi connectivity index (χ3v) is 5.65. The molecule has 1 fully saturated rings. The lowest BCUT2D eigenvalue weighted by Gasteiger charge is -2.08. The molecule has 1 N–H and O–H groups in total. The number of benzene rings is 1. The fourth-order valence-electron chi connectivity index (χ4n) is 1.67. The molecule has 1 aromatic rings. The van der Waals surface area contributed by atoms with Crippen molar-refractivity contribution in [2.75, 3.05) is 6.26 Å². The number of rotatable bonds is 4. The van der Waals surface area contributed by atoms with Crippen molar-refractivity contribution in [1.29, 1.82) is 0 Å². The molecule has 2 atom stereocenters. The summed E-state index contributed by atoms with van der Waals surface area (Å²) >= 11 is 0. The van der Waals surface area contributed by atoms with Gasteiger partial charge in [-0.3, -0.25) is 0 Å². The van der Waals surface area contributed by atoms with Gasteiger partial charge in [0.05, 0.1) is 4.90 Å². The summed E-state index contributed by atoms with van der Waals surface area (Å²) in [5.41, 5.74) is 0. The third-order valence-electron chi connectivity index (χ3n) is 3.04. The highest BCUT2D eigenvalue weighted by molar-refractivity contribution is 7.91. The molecule has 8 heteroatoms. The summed E-state index contributed by atoms with van der Waals surface area (Å²) in [4.78, 5) is -0.854. The van der Waals surface area contributed by atoms with E-state index in [0.29, 0.717) is 6.42 Å². The number of sulfonamides is 1. The average molecular weight is 307 g/mol. The lowest BCUT2D eigenvalue weighted by atomic mass is 10.3. The summed E-state index contributed by atoms with van der Waals surface area (Å²) in [6, 6.07) is 2.54. The second kappa shape index (κ2) is 4.53. The molecule has 0 spiro atoms. The van der Waals surface area contributed by atoms with Gasteiger partial charge in [0.15, 0.2) is 9.84 Å². The first kappa shape index (κ1) is 14.4. The van der Waals surface area contributed by atoms with Crippen LogP contribution in [-0.2, 0) is 19.9 Å². The summed E-state index contributed by atoms with van der Waals surface area (Å²) in [5.74, 6) is -0.746. The van der Waals surface area contributed by atoms with Gasteiger partial charge in [-0.25, -0.2) is 25.9 Å². The fourth-order valence-corrected chi connectivity index (χ4v) is 3.85. The number of nitrogens with one attached hydrogen (secondary N) is 1. The Hall–Kier alpha value is -0.990. The van der Waals surface area contributed by atoms with Crippen molar-refractivity contribution >= 4 is 19.9 Å². The number of sulfone groups is 1. The van der Waals surface area contributed by atoms with Crippen LogP contribution in [0.25, 0.3) is 0 Å². The molecule has 0 saturated heterocycles. The molecule has 0 radical (unpaired) electrons. The van der Waals surface area contributed by atoms with Crippen molar-refractivity contribution < 1.29 is 21.2 Å². The van der Waals surface area contributed by atoms with E-state index in [9.17, 15) is 21.2 Å². The number of halogens is 1. The van der Waals surface area contributed by atoms with Gasteiger partial charge in [-0.1, -0.05) is 6.92 Å².